The van der Waals surface area contributed by atoms with Crippen LogP contribution in [0.1, 0.15) is 46.1 Å². The van der Waals surface area contributed by atoms with E-state index in [0.29, 0.717) is 12.8 Å². The third-order valence-corrected chi connectivity index (χ3v) is 6.01. The quantitative estimate of drug-likeness (QED) is 0.388. The van der Waals surface area contributed by atoms with Gasteiger partial charge in [-0.3, -0.25) is 24.0 Å². The normalized spacial score (nSPS) is 17.3. The Hall–Kier alpha value is -3.37. The van der Waals surface area contributed by atoms with E-state index in [2.05, 4.69) is 16.0 Å². The molecule has 0 saturated carbocycles. The van der Waals surface area contributed by atoms with E-state index in [-0.39, 0.29) is 19.5 Å². The van der Waals surface area contributed by atoms with Gasteiger partial charge in [0.15, 0.2) is 0 Å². The number of ketones is 1. The van der Waals surface area contributed by atoms with Crippen molar-refractivity contribution in [2.24, 2.45) is 5.92 Å². The van der Waals surface area contributed by atoms with Gasteiger partial charge < -0.3 is 20.9 Å². The predicted molar refractivity (Wildman–Crippen MR) is 128 cm³/mol. The van der Waals surface area contributed by atoms with Crippen molar-refractivity contribution in [3.63, 3.8) is 0 Å². The summed E-state index contributed by atoms with van der Waals surface area (Å²) in [6, 6.07) is 5.45. The summed E-state index contributed by atoms with van der Waals surface area (Å²) in [6.07, 6.45) is 1.08. The minimum atomic E-state index is -4.36. The molecule has 9 nitrogen and oxygen atoms in total. The third-order valence-electron chi connectivity index (χ3n) is 6.01. The molecule has 1 saturated heterocycles. The molecule has 4 amide bonds. The lowest BCUT2D eigenvalue weighted by Crippen LogP contribution is -2.59. The van der Waals surface area contributed by atoms with Crippen LogP contribution in [0.15, 0.2) is 30.3 Å². The molecule has 0 aliphatic carbocycles. The Bertz CT molecular complexity index is 970. The van der Waals surface area contributed by atoms with Crippen molar-refractivity contribution >= 4 is 29.4 Å². The van der Waals surface area contributed by atoms with Crippen LogP contribution >= 0.6 is 0 Å². The maximum absolute atomic E-state index is 14.8. The molecule has 2 rings (SSSR count). The zero-order valence-corrected chi connectivity index (χ0v) is 21.0. The van der Waals surface area contributed by atoms with Gasteiger partial charge in [-0.1, -0.05) is 44.2 Å². The van der Waals surface area contributed by atoms with Crippen molar-refractivity contribution in [3.05, 3.63) is 35.9 Å². The van der Waals surface area contributed by atoms with Crippen LogP contribution in [0.2, 0.25) is 0 Å². The fourth-order valence-corrected chi connectivity index (χ4v) is 4.09. The van der Waals surface area contributed by atoms with Gasteiger partial charge in [0.05, 0.1) is 6.04 Å². The van der Waals surface area contributed by atoms with Crippen molar-refractivity contribution < 1.29 is 32.8 Å². The summed E-state index contributed by atoms with van der Waals surface area (Å²) in [5.74, 6) is -10.2. The molecule has 1 fully saturated rings. The van der Waals surface area contributed by atoms with E-state index in [0.717, 1.165) is 5.56 Å². The fourth-order valence-electron chi connectivity index (χ4n) is 4.09. The van der Waals surface area contributed by atoms with Gasteiger partial charge in [0.2, 0.25) is 23.5 Å². The number of hydrogen-bond donors (Lipinski definition) is 3. The first-order valence-corrected chi connectivity index (χ1v) is 12.0. The Balaban J connectivity index is 2.05. The molecule has 1 unspecified atom stereocenters. The number of Topliss-reactive ketones (excluding diaryl/α,β-unsaturated/α-hetero) is 1. The smallest absolute Gasteiger partial charge is 0.350 e. The SMILES string of the molecule is CC(=O)N[C@@H](C)C(=O)N1CCC[C@H]1C(=O)NC(C(=O)C(F)(F)C(=O)NCCc1ccccc1)C(C)C. The lowest BCUT2D eigenvalue weighted by atomic mass is 9.94. The van der Waals surface area contributed by atoms with Crippen LogP contribution in [-0.4, -0.2) is 71.4 Å². The van der Waals surface area contributed by atoms with Gasteiger partial charge in [0.25, 0.3) is 5.91 Å². The van der Waals surface area contributed by atoms with Crippen LogP contribution in [-0.2, 0) is 30.4 Å². The standard InChI is InChI=1S/C25H34F2N4O5/c1-15(2)20(21(33)25(26,27)24(36)28-13-12-18-9-6-5-7-10-18)30-22(34)19-11-8-14-31(19)23(35)16(3)29-17(4)32/h5-7,9-10,15-16,19-20H,8,11-14H2,1-4H3,(H,28,36)(H,29,32)(H,30,34)/t16-,19-,20?/m0/s1. The highest BCUT2D eigenvalue weighted by Gasteiger charge is 2.51. The third kappa shape index (κ3) is 7.32. The molecule has 0 bridgehead atoms. The number of carbonyl (C=O) groups is 5. The molecule has 11 heteroatoms. The second kappa shape index (κ2) is 12.5. The van der Waals surface area contributed by atoms with E-state index in [1.165, 1.54) is 32.6 Å². The van der Waals surface area contributed by atoms with Gasteiger partial charge in [-0.15, -0.1) is 0 Å². The first kappa shape index (κ1) is 28.9. The number of likely N-dealkylation sites (tertiary alicyclic amines) is 1. The average Bonchev–Trinajstić information content (AvgIpc) is 3.31. The van der Waals surface area contributed by atoms with Crippen LogP contribution < -0.4 is 16.0 Å². The molecule has 1 heterocycles. The molecule has 1 aromatic carbocycles. The summed E-state index contributed by atoms with van der Waals surface area (Å²) in [6.45, 7) is 5.85. The van der Waals surface area contributed by atoms with Crippen LogP contribution in [0, 0.1) is 5.92 Å². The molecule has 0 radical (unpaired) electrons. The van der Waals surface area contributed by atoms with Gasteiger partial charge in [0.1, 0.15) is 12.1 Å². The van der Waals surface area contributed by atoms with Crippen molar-refractivity contribution in [3.8, 4) is 0 Å². The molecule has 0 spiro atoms. The van der Waals surface area contributed by atoms with Crippen molar-refractivity contribution in [2.75, 3.05) is 13.1 Å². The van der Waals surface area contributed by atoms with E-state index >= 15 is 0 Å². The lowest BCUT2D eigenvalue weighted by Gasteiger charge is -2.30. The molecule has 36 heavy (non-hydrogen) atoms. The van der Waals surface area contributed by atoms with Crippen LogP contribution in [0.3, 0.4) is 0 Å². The first-order valence-electron chi connectivity index (χ1n) is 12.0. The van der Waals surface area contributed by atoms with Crippen LogP contribution in [0.4, 0.5) is 8.78 Å². The van der Waals surface area contributed by atoms with Gasteiger partial charge in [0, 0.05) is 20.0 Å². The Morgan fingerprint density at radius 3 is 2.28 bits per heavy atom. The van der Waals surface area contributed by atoms with Gasteiger partial charge in [-0.2, -0.15) is 8.78 Å². The zero-order valence-electron chi connectivity index (χ0n) is 21.0. The average molecular weight is 509 g/mol. The number of amides is 4. The Kier molecular flexibility index (Phi) is 10.1. The number of rotatable bonds is 11. The molecule has 3 N–H and O–H groups in total. The molecule has 198 valence electrons. The Morgan fingerprint density at radius 1 is 1.06 bits per heavy atom. The molecule has 1 aliphatic heterocycles. The number of nitrogens with one attached hydrogen (secondary N) is 3. The molecule has 0 aromatic heterocycles. The van der Waals surface area contributed by atoms with Crippen LogP contribution in [0.5, 0.6) is 0 Å². The van der Waals surface area contributed by atoms with Gasteiger partial charge in [-0.05, 0) is 37.7 Å². The second-order valence-corrected chi connectivity index (χ2v) is 9.27. The summed E-state index contributed by atoms with van der Waals surface area (Å²) in [7, 11) is 0. The minimum absolute atomic E-state index is 0.0873. The maximum atomic E-state index is 14.8. The van der Waals surface area contributed by atoms with Crippen molar-refractivity contribution in [2.45, 2.75) is 71.0 Å². The van der Waals surface area contributed by atoms with E-state index in [9.17, 15) is 32.8 Å². The topological polar surface area (TPSA) is 125 Å². The Labute approximate surface area is 209 Å². The molecular formula is C25H34F2N4O5. The highest BCUT2D eigenvalue weighted by atomic mass is 19.3. The van der Waals surface area contributed by atoms with Gasteiger partial charge in [-0.25, -0.2) is 0 Å². The predicted octanol–water partition coefficient (Wildman–Crippen LogP) is 1.21. The number of hydrogen-bond acceptors (Lipinski definition) is 5. The van der Waals surface area contributed by atoms with E-state index < -0.39 is 59.4 Å². The van der Waals surface area contributed by atoms with E-state index in [1.54, 1.807) is 30.3 Å². The van der Waals surface area contributed by atoms with Crippen LogP contribution in [0.25, 0.3) is 0 Å². The number of benzene rings is 1. The molecular weight excluding hydrogens is 474 g/mol. The molecule has 1 aliphatic rings. The summed E-state index contributed by atoms with van der Waals surface area (Å²) < 4.78 is 29.6. The first-order chi connectivity index (χ1) is 16.9. The number of carbonyl (C=O) groups excluding carboxylic acids is 5. The highest BCUT2D eigenvalue weighted by Crippen LogP contribution is 2.23. The van der Waals surface area contributed by atoms with Crippen molar-refractivity contribution in [1.82, 2.24) is 20.9 Å². The Morgan fingerprint density at radius 2 is 1.69 bits per heavy atom. The number of halogens is 2. The van der Waals surface area contributed by atoms with E-state index in [1.807, 2.05) is 0 Å². The summed E-state index contributed by atoms with van der Waals surface area (Å²) in [4.78, 5) is 63.1. The number of alkyl halides is 2. The number of nitrogens with zero attached hydrogens (tertiary/aromatic N) is 1. The fraction of sp³-hybridized carbons (Fsp3) is 0.560. The molecule has 3 atom stereocenters. The largest absolute Gasteiger partial charge is 0.383 e. The van der Waals surface area contributed by atoms with Crippen molar-refractivity contribution in [1.29, 1.82) is 0 Å². The second-order valence-electron chi connectivity index (χ2n) is 9.27. The lowest BCUT2D eigenvalue weighted by molar-refractivity contribution is -0.161. The monoisotopic (exact) mass is 508 g/mol. The van der Waals surface area contributed by atoms with Gasteiger partial charge >= 0.3 is 5.92 Å². The highest BCUT2D eigenvalue weighted by molar-refractivity contribution is 6.10. The summed E-state index contributed by atoms with van der Waals surface area (Å²) in [5.41, 5.74) is 0.836. The maximum Gasteiger partial charge on any atom is 0.383 e. The summed E-state index contributed by atoms with van der Waals surface area (Å²) in [5, 5.41) is 6.89. The zero-order chi connectivity index (χ0) is 27.0. The minimum Gasteiger partial charge on any atom is -0.350 e. The molecule has 1 aromatic rings. The van der Waals surface area contributed by atoms with E-state index in [4.69, 9.17) is 0 Å². The summed E-state index contributed by atoms with van der Waals surface area (Å²) >= 11 is 0.